The highest BCUT2D eigenvalue weighted by atomic mass is 16.5. The lowest BCUT2D eigenvalue weighted by Gasteiger charge is -2.04. The molecule has 0 saturated carbocycles. The summed E-state index contributed by atoms with van der Waals surface area (Å²) in [5.41, 5.74) is 0.530. The average Bonchev–Trinajstić information content (AvgIpc) is 2.40. The first-order chi connectivity index (χ1) is 8.31. The molecule has 0 unspecified atom stereocenters. The van der Waals surface area contributed by atoms with Crippen molar-refractivity contribution < 1.29 is 9.53 Å². The van der Waals surface area contributed by atoms with Crippen molar-refractivity contribution in [2.45, 2.75) is 6.92 Å². The largest absolute Gasteiger partial charge is 0.494 e. The van der Waals surface area contributed by atoms with Crippen LogP contribution < -0.4 is 4.74 Å². The van der Waals surface area contributed by atoms with Crippen molar-refractivity contribution >= 4 is 5.78 Å². The Morgan fingerprint density at radius 1 is 1.24 bits per heavy atom. The van der Waals surface area contributed by atoms with Gasteiger partial charge in [-0.3, -0.25) is 4.79 Å². The van der Waals surface area contributed by atoms with Crippen LogP contribution in [0.2, 0.25) is 0 Å². The first kappa shape index (κ1) is 11.3. The summed E-state index contributed by atoms with van der Waals surface area (Å²) in [6.07, 6.45) is 3.10. The minimum absolute atomic E-state index is 0.196. The maximum atomic E-state index is 12.0. The Hall–Kier alpha value is -2.23. The lowest BCUT2D eigenvalue weighted by Crippen LogP contribution is -2.06. The topological polar surface area (TPSA) is 52.1 Å². The number of aromatic nitrogens is 2. The number of carbonyl (C=O) groups excluding carboxylic acids is 1. The van der Waals surface area contributed by atoms with Gasteiger partial charge in [-0.1, -0.05) is 12.1 Å². The van der Waals surface area contributed by atoms with Gasteiger partial charge in [-0.2, -0.15) is 0 Å². The number of ether oxygens (including phenoxy) is 1. The van der Waals surface area contributed by atoms with E-state index >= 15 is 0 Å². The second-order valence-corrected chi connectivity index (χ2v) is 3.36. The summed E-state index contributed by atoms with van der Waals surface area (Å²) in [6.45, 7) is 2.47. The zero-order chi connectivity index (χ0) is 12.1. The van der Waals surface area contributed by atoms with Crippen molar-refractivity contribution in [1.82, 2.24) is 9.97 Å². The Kier molecular flexibility index (Phi) is 3.45. The van der Waals surface area contributed by atoms with Crippen LogP contribution in [-0.2, 0) is 0 Å². The Bertz CT molecular complexity index is 512. The molecule has 1 aromatic heterocycles. The van der Waals surface area contributed by atoms with Gasteiger partial charge < -0.3 is 4.74 Å². The quantitative estimate of drug-likeness (QED) is 0.752. The number of rotatable bonds is 4. The highest BCUT2D eigenvalue weighted by Crippen LogP contribution is 2.15. The third kappa shape index (κ3) is 2.66. The maximum Gasteiger partial charge on any atom is 0.230 e. The number of nitrogens with zero attached hydrogens (tertiary/aromatic N) is 2. The van der Waals surface area contributed by atoms with Gasteiger partial charge in [0.2, 0.25) is 11.6 Å². The molecular weight excluding hydrogens is 216 g/mol. The van der Waals surface area contributed by atoms with Crippen LogP contribution in [0.3, 0.4) is 0 Å². The van der Waals surface area contributed by atoms with Gasteiger partial charge in [-0.15, -0.1) is 0 Å². The third-order valence-electron chi connectivity index (χ3n) is 2.18. The number of benzene rings is 1. The van der Waals surface area contributed by atoms with Gasteiger partial charge in [-0.25, -0.2) is 9.97 Å². The molecule has 86 valence electrons. The molecule has 1 heterocycles. The molecule has 0 amide bonds. The normalized spacial score (nSPS) is 9.94. The van der Waals surface area contributed by atoms with Crippen molar-refractivity contribution in [2.75, 3.05) is 6.61 Å². The lowest BCUT2D eigenvalue weighted by atomic mass is 10.1. The van der Waals surface area contributed by atoms with E-state index in [-0.39, 0.29) is 11.6 Å². The van der Waals surface area contributed by atoms with Crippen LogP contribution in [0.1, 0.15) is 23.1 Å². The first-order valence-corrected chi connectivity index (χ1v) is 5.36. The average molecular weight is 228 g/mol. The molecule has 0 radical (unpaired) electrons. The molecule has 0 atom stereocenters. The molecular formula is C13H12N2O2. The maximum absolute atomic E-state index is 12.0. The zero-order valence-corrected chi connectivity index (χ0v) is 9.46. The van der Waals surface area contributed by atoms with Crippen LogP contribution in [0.15, 0.2) is 42.7 Å². The van der Waals surface area contributed by atoms with E-state index < -0.39 is 0 Å². The van der Waals surface area contributed by atoms with Crippen LogP contribution in [0.5, 0.6) is 5.75 Å². The van der Waals surface area contributed by atoms with Crippen LogP contribution in [0.25, 0.3) is 0 Å². The molecule has 2 rings (SSSR count). The van der Waals surface area contributed by atoms with Gasteiger partial charge in [0.15, 0.2) is 0 Å². The zero-order valence-electron chi connectivity index (χ0n) is 9.46. The van der Waals surface area contributed by atoms with Gasteiger partial charge >= 0.3 is 0 Å². The Morgan fingerprint density at radius 2 is 2.00 bits per heavy atom. The van der Waals surface area contributed by atoms with E-state index in [0.717, 1.165) is 0 Å². The number of carbonyl (C=O) groups is 1. The molecule has 0 N–H and O–H groups in total. The Balaban J connectivity index is 2.28. The predicted octanol–water partition coefficient (Wildman–Crippen LogP) is 2.11. The van der Waals surface area contributed by atoms with Gasteiger partial charge in [0.05, 0.1) is 6.61 Å². The molecule has 17 heavy (non-hydrogen) atoms. The lowest BCUT2D eigenvalue weighted by molar-refractivity contribution is 0.102. The minimum atomic E-state index is -0.202. The summed E-state index contributed by atoms with van der Waals surface area (Å²) in [4.78, 5) is 19.9. The molecule has 4 nitrogen and oxygen atoms in total. The summed E-state index contributed by atoms with van der Waals surface area (Å²) in [6, 6.07) is 8.68. The van der Waals surface area contributed by atoms with Crippen LogP contribution in [0.4, 0.5) is 0 Å². The van der Waals surface area contributed by atoms with Gasteiger partial charge in [-0.05, 0) is 25.1 Å². The molecule has 0 spiro atoms. The number of hydrogen-bond donors (Lipinski definition) is 0. The van der Waals surface area contributed by atoms with Crippen molar-refractivity contribution in [3.8, 4) is 5.75 Å². The van der Waals surface area contributed by atoms with E-state index in [0.29, 0.717) is 17.9 Å². The SMILES string of the molecule is CCOc1cccc(C(=O)c2ncccn2)c1. The number of ketones is 1. The van der Waals surface area contributed by atoms with Gasteiger partial charge in [0.25, 0.3) is 0 Å². The first-order valence-electron chi connectivity index (χ1n) is 5.36. The standard InChI is InChI=1S/C13H12N2O2/c1-2-17-11-6-3-5-10(9-11)12(16)13-14-7-4-8-15-13/h3-9H,2H2,1H3. The van der Waals surface area contributed by atoms with E-state index in [1.165, 1.54) is 0 Å². The van der Waals surface area contributed by atoms with E-state index in [1.807, 2.05) is 13.0 Å². The monoisotopic (exact) mass is 228 g/mol. The fraction of sp³-hybridized carbons (Fsp3) is 0.154. The van der Waals surface area contributed by atoms with Crippen molar-refractivity contribution in [3.05, 3.63) is 54.1 Å². The van der Waals surface area contributed by atoms with Gasteiger partial charge in [0, 0.05) is 18.0 Å². The Morgan fingerprint density at radius 3 is 2.71 bits per heavy atom. The molecule has 0 fully saturated rings. The molecule has 0 aliphatic heterocycles. The molecule has 0 bridgehead atoms. The predicted molar refractivity (Wildman–Crippen MR) is 63.1 cm³/mol. The number of hydrogen-bond acceptors (Lipinski definition) is 4. The molecule has 0 aliphatic carbocycles. The molecule has 4 heteroatoms. The summed E-state index contributed by atoms with van der Waals surface area (Å²) < 4.78 is 5.34. The van der Waals surface area contributed by atoms with E-state index in [9.17, 15) is 4.79 Å². The summed E-state index contributed by atoms with van der Waals surface area (Å²) >= 11 is 0. The van der Waals surface area contributed by atoms with Crippen molar-refractivity contribution in [2.24, 2.45) is 0 Å². The third-order valence-corrected chi connectivity index (χ3v) is 2.18. The summed E-state index contributed by atoms with van der Waals surface area (Å²) in [7, 11) is 0. The molecule has 1 aromatic carbocycles. The molecule has 0 saturated heterocycles. The van der Waals surface area contributed by atoms with E-state index in [2.05, 4.69) is 9.97 Å². The van der Waals surface area contributed by atoms with Gasteiger partial charge in [0.1, 0.15) is 5.75 Å². The Labute approximate surface area is 99.3 Å². The highest BCUT2D eigenvalue weighted by molar-refractivity contribution is 6.06. The second-order valence-electron chi connectivity index (χ2n) is 3.36. The van der Waals surface area contributed by atoms with Crippen molar-refractivity contribution in [3.63, 3.8) is 0 Å². The minimum Gasteiger partial charge on any atom is -0.494 e. The van der Waals surface area contributed by atoms with Crippen LogP contribution in [-0.4, -0.2) is 22.4 Å². The summed E-state index contributed by atoms with van der Waals surface area (Å²) in [5, 5.41) is 0. The fourth-order valence-corrected chi connectivity index (χ4v) is 1.44. The highest BCUT2D eigenvalue weighted by Gasteiger charge is 2.11. The van der Waals surface area contributed by atoms with Crippen LogP contribution in [0, 0.1) is 0 Å². The van der Waals surface area contributed by atoms with E-state index in [4.69, 9.17) is 4.74 Å². The second kappa shape index (κ2) is 5.21. The molecule has 0 aliphatic rings. The van der Waals surface area contributed by atoms with E-state index in [1.54, 1.807) is 36.7 Å². The van der Waals surface area contributed by atoms with Crippen LogP contribution >= 0.6 is 0 Å². The molecule has 2 aromatic rings. The summed E-state index contributed by atoms with van der Waals surface area (Å²) in [5.74, 6) is 0.669. The van der Waals surface area contributed by atoms with Crippen molar-refractivity contribution in [1.29, 1.82) is 0 Å². The smallest absolute Gasteiger partial charge is 0.230 e. The fourth-order valence-electron chi connectivity index (χ4n) is 1.44.